The molecule has 2 aromatic carbocycles. The highest BCUT2D eigenvalue weighted by Crippen LogP contribution is 2.16. The summed E-state index contributed by atoms with van der Waals surface area (Å²) in [6, 6.07) is 8.74. The lowest BCUT2D eigenvalue weighted by atomic mass is 10.2. The SMILES string of the molecule is Cc1ccc(S(=O)(=O)N(C)CC(=O)Nc2cc(F)cc(F)c2)cc1. The number of likely N-dealkylation sites (N-methyl/N-ethyl adjacent to an activating group) is 1. The molecule has 1 N–H and O–H groups in total. The van der Waals surface area contributed by atoms with E-state index in [1.54, 1.807) is 12.1 Å². The summed E-state index contributed by atoms with van der Waals surface area (Å²) < 4.78 is 51.8. The number of carbonyl (C=O) groups is 1. The van der Waals surface area contributed by atoms with Crippen LogP contribution in [-0.2, 0) is 14.8 Å². The fourth-order valence-corrected chi connectivity index (χ4v) is 3.13. The number of nitrogens with one attached hydrogen (secondary N) is 1. The molecule has 8 heteroatoms. The minimum Gasteiger partial charge on any atom is -0.325 e. The van der Waals surface area contributed by atoms with Gasteiger partial charge >= 0.3 is 0 Å². The molecule has 0 saturated heterocycles. The first-order chi connectivity index (χ1) is 11.2. The van der Waals surface area contributed by atoms with E-state index in [1.807, 2.05) is 6.92 Å². The molecule has 0 spiro atoms. The van der Waals surface area contributed by atoms with Gasteiger partial charge in [-0.2, -0.15) is 4.31 Å². The highest BCUT2D eigenvalue weighted by molar-refractivity contribution is 7.89. The number of benzene rings is 2. The van der Waals surface area contributed by atoms with Crippen LogP contribution in [0.3, 0.4) is 0 Å². The number of aryl methyl sites for hydroxylation is 1. The Bertz CT molecular complexity index is 832. The van der Waals surface area contributed by atoms with Crippen molar-refractivity contribution in [2.75, 3.05) is 18.9 Å². The Morgan fingerprint density at radius 2 is 1.62 bits per heavy atom. The lowest BCUT2D eigenvalue weighted by Gasteiger charge is -2.17. The zero-order valence-corrected chi connectivity index (χ0v) is 13.9. The average Bonchev–Trinajstić information content (AvgIpc) is 2.46. The summed E-state index contributed by atoms with van der Waals surface area (Å²) in [6.07, 6.45) is 0. The van der Waals surface area contributed by atoms with E-state index >= 15 is 0 Å². The van der Waals surface area contributed by atoms with Gasteiger partial charge in [0.1, 0.15) is 11.6 Å². The lowest BCUT2D eigenvalue weighted by Crippen LogP contribution is -2.35. The van der Waals surface area contributed by atoms with Crippen molar-refractivity contribution in [3.63, 3.8) is 0 Å². The van der Waals surface area contributed by atoms with Crippen LogP contribution in [0.25, 0.3) is 0 Å². The van der Waals surface area contributed by atoms with Gasteiger partial charge in [0.05, 0.1) is 11.4 Å². The first kappa shape index (κ1) is 18.0. The van der Waals surface area contributed by atoms with Gasteiger partial charge in [-0.15, -0.1) is 0 Å². The average molecular weight is 354 g/mol. The van der Waals surface area contributed by atoms with Crippen LogP contribution < -0.4 is 5.32 Å². The molecule has 1 amide bonds. The largest absolute Gasteiger partial charge is 0.325 e. The topological polar surface area (TPSA) is 66.5 Å². The van der Waals surface area contributed by atoms with Gasteiger partial charge in [-0.05, 0) is 31.2 Å². The molecular weight excluding hydrogens is 338 g/mol. The summed E-state index contributed by atoms with van der Waals surface area (Å²) in [4.78, 5) is 12.0. The number of hydrogen-bond donors (Lipinski definition) is 1. The Kier molecular flexibility index (Phi) is 5.30. The van der Waals surface area contributed by atoms with E-state index in [-0.39, 0.29) is 10.6 Å². The van der Waals surface area contributed by atoms with Crippen LogP contribution in [0.4, 0.5) is 14.5 Å². The van der Waals surface area contributed by atoms with Crippen LogP contribution in [0.1, 0.15) is 5.56 Å². The molecule has 0 aliphatic rings. The molecule has 0 saturated carbocycles. The van der Waals surface area contributed by atoms with E-state index in [4.69, 9.17) is 0 Å². The third kappa shape index (κ3) is 4.36. The normalized spacial score (nSPS) is 11.5. The third-order valence-electron chi connectivity index (χ3n) is 3.24. The number of halogens is 2. The molecule has 5 nitrogen and oxygen atoms in total. The highest BCUT2D eigenvalue weighted by atomic mass is 32.2. The standard InChI is InChI=1S/C16H16F2N2O3S/c1-11-3-5-15(6-4-11)24(22,23)20(2)10-16(21)19-14-8-12(17)7-13(18)9-14/h3-9H,10H2,1-2H3,(H,19,21). The number of sulfonamides is 1. The van der Waals surface area contributed by atoms with E-state index in [1.165, 1.54) is 19.2 Å². The second kappa shape index (κ2) is 7.06. The zero-order valence-electron chi connectivity index (χ0n) is 13.1. The first-order valence-corrected chi connectivity index (χ1v) is 8.41. The van der Waals surface area contributed by atoms with Crippen LogP contribution in [0.15, 0.2) is 47.4 Å². The van der Waals surface area contributed by atoms with Crippen molar-refractivity contribution < 1.29 is 22.0 Å². The van der Waals surface area contributed by atoms with Gasteiger partial charge in [-0.25, -0.2) is 17.2 Å². The first-order valence-electron chi connectivity index (χ1n) is 6.97. The predicted molar refractivity (Wildman–Crippen MR) is 86.0 cm³/mol. The number of carbonyl (C=O) groups excluding carboxylic acids is 1. The highest BCUT2D eigenvalue weighted by Gasteiger charge is 2.22. The molecule has 0 aromatic heterocycles. The molecule has 0 radical (unpaired) electrons. The molecule has 0 bridgehead atoms. The number of nitrogens with zero attached hydrogens (tertiary/aromatic N) is 1. The smallest absolute Gasteiger partial charge is 0.243 e. The maximum atomic E-state index is 13.1. The fraction of sp³-hybridized carbons (Fsp3) is 0.188. The van der Waals surface area contributed by atoms with E-state index in [2.05, 4.69) is 5.32 Å². The Labute approximate surface area is 139 Å². The maximum absolute atomic E-state index is 13.1. The Balaban J connectivity index is 2.09. The summed E-state index contributed by atoms with van der Waals surface area (Å²) in [5.74, 6) is -2.39. The fourth-order valence-electron chi connectivity index (χ4n) is 2.00. The van der Waals surface area contributed by atoms with Crippen LogP contribution in [0.2, 0.25) is 0 Å². The summed E-state index contributed by atoms with van der Waals surface area (Å²) in [7, 11) is -2.58. The Morgan fingerprint density at radius 3 is 2.17 bits per heavy atom. The molecule has 0 heterocycles. The quantitative estimate of drug-likeness (QED) is 0.897. The van der Waals surface area contributed by atoms with Crippen molar-refractivity contribution in [1.82, 2.24) is 4.31 Å². The molecule has 0 fully saturated rings. The minimum absolute atomic E-state index is 0.0557. The molecule has 0 unspecified atom stereocenters. The van der Waals surface area contributed by atoms with Crippen LogP contribution in [-0.4, -0.2) is 32.2 Å². The van der Waals surface area contributed by atoms with E-state index in [0.717, 1.165) is 22.0 Å². The van der Waals surface area contributed by atoms with Gasteiger partial charge in [0, 0.05) is 18.8 Å². The van der Waals surface area contributed by atoms with Crippen LogP contribution in [0.5, 0.6) is 0 Å². The van der Waals surface area contributed by atoms with Gasteiger partial charge < -0.3 is 5.32 Å². The summed E-state index contributed by atoms with van der Waals surface area (Å²) in [6.45, 7) is 1.33. The van der Waals surface area contributed by atoms with Crippen molar-refractivity contribution in [1.29, 1.82) is 0 Å². The second-order valence-electron chi connectivity index (χ2n) is 5.28. The van der Waals surface area contributed by atoms with Crippen molar-refractivity contribution in [3.8, 4) is 0 Å². The molecule has 0 atom stereocenters. The third-order valence-corrected chi connectivity index (χ3v) is 5.06. The zero-order chi connectivity index (χ0) is 17.9. The van der Waals surface area contributed by atoms with E-state index in [0.29, 0.717) is 6.07 Å². The second-order valence-corrected chi connectivity index (χ2v) is 7.33. The molecule has 128 valence electrons. The Hall–Kier alpha value is -2.32. The minimum atomic E-state index is -3.84. The summed E-state index contributed by atoms with van der Waals surface area (Å²) in [5.41, 5.74) is 0.820. The van der Waals surface area contributed by atoms with Gasteiger partial charge in [-0.1, -0.05) is 17.7 Å². The predicted octanol–water partition coefficient (Wildman–Crippen LogP) is 2.53. The van der Waals surface area contributed by atoms with Gasteiger partial charge in [0.25, 0.3) is 0 Å². The molecule has 2 aromatic rings. The number of hydrogen-bond acceptors (Lipinski definition) is 3. The van der Waals surface area contributed by atoms with Gasteiger partial charge in [0.15, 0.2) is 0 Å². The number of anilines is 1. The van der Waals surface area contributed by atoms with Crippen molar-refractivity contribution in [2.45, 2.75) is 11.8 Å². The lowest BCUT2D eigenvalue weighted by molar-refractivity contribution is -0.116. The summed E-state index contributed by atoms with van der Waals surface area (Å²) in [5, 5.41) is 2.26. The van der Waals surface area contributed by atoms with E-state index in [9.17, 15) is 22.0 Å². The van der Waals surface area contributed by atoms with Crippen molar-refractivity contribution in [3.05, 3.63) is 59.7 Å². The van der Waals surface area contributed by atoms with Gasteiger partial charge in [0.2, 0.25) is 15.9 Å². The molecule has 0 aliphatic heterocycles. The Morgan fingerprint density at radius 1 is 1.08 bits per heavy atom. The van der Waals surface area contributed by atoms with Crippen LogP contribution >= 0.6 is 0 Å². The van der Waals surface area contributed by atoms with Crippen LogP contribution in [0, 0.1) is 18.6 Å². The molecule has 2 rings (SSSR count). The monoisotopic (exact) mass is 354 g/mol. The maximum Gasteiger partial charge on any atom is 0.243 e. The summed E-state index contributed by atoms with van der Waals surface area (Å²) >= 11 is 0. The molecule has 0 aliphatic carbocycles. The number of rotatable bonds is 5. The van der Waals surface area contributed by atoms with Gasteiger partial charge in [-0.3, -0.25) is 4.79 Å². The van der Waals surface area contributed by atoms with E-state index < -0.39 is 34.1 Å². The molecular formula is C16H16F2N2O3S. The van der Waals surface area contributed by atoms with Crippen molar-refractivity contribution in [2.24, 2.45) is 0 Å². The van der Waals surface area contributed by atoms with Crippen molar-refractivity contribution >= 4 is 21.6 Å². The number of amides is 1. The molecule has 24 heavy (non-hydrogen) atoms.